The van der Waals surface area contributed by atoms with Crippen molar-refractivity contribution in [3.05, 3.63) is 50.9 Å². The molecular formula is C27H31N5O5S. The second-order valence-electron chi connectivity index (χ2n) is 10.1. The molecule has 11 heteroatoms. The van der Waals surface area contributed by atoms with Crippen molar-refractivity contribution in [2.45, 2.75) is 39.3 Å². The summed E-state index contributed by atoms with van der Waals surface area (Å²) in [4.78, 5) is 51.0. The summed E-state index contributed by atoms with van der Waals surface area (Å²) >= 11 is 1.26. The second-order valence-corrected chi connectivity index (χ2v) is 11.1. The molecule has 3 aromatic rings. The molecule has 0 bridgehead atoms. The Morgan fingerprint density at radius 1 is 0.974 bits per heavy atom. The first kappa shape index (κ1) is 24.9. The Hall–Kier alpha value is -3.44. The second kappa shape index (κ2) is 10.4. The number of carbonyl (C=O) groups is 2. The van der Waals surface area contributed by atoms with Gasteiger partial charge in [-0.3, -0.25) is 23.9 Å². The summed E-state index contributed by atoms with van der Waals surface area (Å²) in [5, 5.41) is 0.439. The molecule has 2 fully saturated rings. The van der Waals surface area contributed by atoms with Gasteiger partial charge in [0.15, 0.2) is 11.5 Å². The van der Waals surface area contributed by atoms with Gasteiger partial charge in [0.05, 0.1) is 16.6 Å². The van der Waals surface area contributed by atoms with Crippen molar-refractivity contribution in [3.63, 3.8) is 0 Å². The summed E-state index contributed by atoms with van der Waals surface area (Å²) in [6.45, 7) is 7.04. The Labute approximate surface area is 224 Å². The molecule has 200 valence electrons. The number of thiophene rings is 1. The lowest BCUT2D eigenvalue weighted by Gasteiger charge is -2.34. The number of ether oxygens (including phenoxy) is 2. The summed E-state index contributed by atoms with van der Waals surface area (Å²) in [6, 6.07) is 6.00. The Morgan fingerprint density at radius 2 is 1.74 bits per heavy atom. The molecule has 6 rings (SSSR count). The van der Waals surface area contributed by atoms with E-state index in [-0.39, 0.29) is 30.7 Å². The fourth-order valence-electron chi connectivity index (χ4n) is 5.42. The van der Waals surface area contributed by atoms with Crippen LogP contribution in [0.2, 0.25) is 0 Å². The highest BCUT2D eigenvalue weighted by atomic mass is 32.1. The van der Waals surface area contributed by atoms with E-state index in [0.717, 1.165) is 69.0 Å². The van der Waals surface area contributed by atoms with E-state index < -0.39 is 0 Å². The van der Waals surface area contributed by atoms with Crippen molar-refractivity contribution < 1.29 is 19.1 Å². The third-order valence-corrected chi connectivity index (χ3v) is 8.82. The van der Waals surface area contributed by atoms with Gasteiger partial charge >= 0.3 is 0 Å². The number of amides is 2. The first-order valence-corrected chi connectivity index (χ1v) is 14.0. The zero-order valence-corrected chi connectivity index (χ0v) is 22.3. The van der Waals surface area contributed by atoms with Crippen LogP contribution < -0.4 is 15.0 Å². The third-order valence-electron chi connectivity index (χ3n) is 7.63. The normalized spacial score (nSPS) is 17.8. The van der Waals surface area contributed by atoms with Crippen LogP contribution in [0.3, 0.4) is 0 Å². The average Bonchev–Trinajstić information content (AvgIpc) is 3.55. The molecule has 2 amide bonds. The number of aryl methyl sites for hydroxylation is 1. The monoisotopic (exact) mass is 537 g/mol. The van der Waals surface area contributed by atoms with Gasteiger partial charge in [-0.25, -0.2) is 4.98 Å². The highest BCUT2D eigenvalue weighted by molar-refractivity contribution is 7.20. The molecule has 0 saturated carbocycles. The van der Waals surface area contributed by atoms with Crippen LogP contribution in [0.25, 0.3) is 10.2 Å². The maximum absolute atomic E-state index is 13.5. The Balaban J connectivity index is 1.12. The highest BCUT2D eigenvalue weighted by Gasteiger charge is 2.27. The van der Waals surface area contributed by atoms with E-state index in [9.17, 15) is 14.4 Å². The highest BCUT2D eigenvalue weighted by Crippen LogP contribution is 2.33. The SMILES string of the molecule is Cc1c(C(=O)N2CCN(Cc3ccc4c(c3)OCO4)CC2)sc2ncn(CC(=O)N3CCCCC3)c(=O)c12. The number of rotatable bonds is 5. The summed E-state index contributed by atoms with van der Waals surface area (Å²) in [7, 11) is 0. The molecule has 2 aromatic heterocycles. The lowest BCUT2D eigenvalue weighted by Crippen LogP contribution is -2.48. The van der Waals surface area contributed by atoms with E-state index in [1.165, 1.54) is 22.2 Å². The number of carbonyl (C=O) groups excluding carboxylic acids is 2. The van der Waals surface area contributed by atoms with Gasteiger partial charge in [0.25, 0.3) is 11.5 Å². The van der Waals surface area contributed by atoms with Crippen LogP contribution in [-0.4, -0.2) is 82.1 Å². The molecular weight excluding hydrogens is 506 g/mol. The first-order chi connectivity index (χ1) is 18.5. The molecule has 0 atom stereocenters. The number of nitrogens with zero attached hydrogens (tertiary/aromatic N) is 5. The lowest BCUT2D eigenvalue weighted by atomic mass is 10.1. The van der Waals surface area contributed by atoms with E-state index >= 15 is 0 Å². The Bertz CT molecular complexity index is 1440. The number of benzene rings is 1. The van der Waals surface area contributed by atoms with Gasteiger partial charge in [0.1, 0.15) is 11.4 Å². The summed E-state index contributed by atoms with van der Waals surface area (Å²) < 4.78 is 12.3. The van der Waals surface area contributed by atoms with Crippen LogP contribution >= 0.6 is 11.3 Å². The van der Waals surface area contributed by atoms with Gasteiger partial charge < -0.3 is 19.3 Å². The van der Waals surface area contributed by atoms with Crippen LogP contribution in [0, 0.1) is 6.92 Å². The van der Waals surface area contributed by atoms with Gasteiger partial charge in [-0.15, -0.1) is 11.3 Å². The molecule has 0 spiro atoms. The van der Waals surface area contributed by atoms with Gasteiger partial charge in [0, 0.05) is 45.8 Å². The standard InChI is InChI=1S/C27H31N5O5S/c1-18-23-25(28-16-32(26(23)34)15-22(33)30-7-3-2-4-8-30)38-24(18)27(35)31-11-9-29(10-12-31)14-19-5-6-20-21(13-19)37-17-36-20/h5-6,13,16H,2-4,7-12,14-15,17H2,1H3. The maximum Gasteiger partial charge on any atom is 0.264 e. The zero-order valence-electron chi connectivity index (χ0n) is 21.5. The fraction of sp³-hybridized carbons (Fsp3) is 0.481. The number of hydrogen-bond acceptors (Lipinski definition) is 8. The number of likely N-dealkylation sites (tertiary alicyclic amines) is 1. The molecule has 0 unspecified atom stereocenters. The van der Waals surface area contributed by atoms with Crippen LogP contribution in [0.4, 0.5) is 0 Å². The molecule has 0 N–H and O–H groups in total. The van der Waals surface area contributed by atoms with E-state index in [4.69, 9.17) is 9.47 Å². The number of fused-ring (bicyclic) bond motifs is 2. The van der Waals surface area contributed by atoms with E-state index in [0.29, 0.717) is 33.7 Å². The molecule has 3 aliphatic heterocycles. The number of aromatic nitrogens is 2. The molecule has 38 heavy (non-hydrogen) atoms. The van der Waals surface area contributed by atoms with Crippen LogP contribution in [-0.2, 0) is 17.9 Å². The minimum atomic E-state index is -0.262. The molecule has 5 heterocycles. The van der Waals surface area contributed by atoms with Gasteiger partial charge in [0.2, 0.25) is 12.7 Å². The Kier molecular flexibility index (Phi) is 6.79. The van der Waals surface area contributed by atoms with Crippen molar-refractivity contribution >= 4 is 33.4 Å². The maximum atomic E-state index is 13.5. The van der Waals surface area contributed by atoms with Crippen molar-refractivity contribution in [1.82, 2.24) is 24.3 Å². The fourth-order valence-corrected chi connectivity index (χ4v) is 6.52. The molecule has 0 radical (unpaired) electrons. The predicted molar refractivity (Wildman–Crippen MR) is 143 cm³/mol. The summed E-state index contributed by atoms with van der Waals surface area (Å²) in [6.07, 6.45) is 4.57. The minimum Gasteiger partial charge on any atom is -0.454 e. The Morgan fingerprint density at radius 3 is 2.53 bits per heavy atom. The zero-order chi connectivity index (χ0) is 26.2. The molecule has 2 saturated heterocycles. The minimum absolute atomic E-state index is 0.0222. The third kappa shape index (κ3) is 4.76. The van der Waals surface area contributed by atoms with Crippen LogP contribution in [0.15, 0.2) is 29.3 Å². The van der Waals surface area contributed by atoms with Gasteiger partial charge in [-0.1, -0.05) is 6.07 Å². The van der Waals surface area contributed by atoms with Crippen molar-refractivity contribution in [2.24, 2.45) is 0 Å². The van der Waals surface area contributed by atoms with E-state index in [1.54, 1.807) is 0 Å². The van der Waals surface area contributed by atoms with Gasteiger partial charge in [-0.05, 0) is 49.4 Å². The first-order valence-electron chi connectivity index (χ1n) is 13.1. The van der Waals surface area contributed by atoms with E-state index in [1.807, 2.05) is 34.9 Å². The summed E-state index contributed by atoms with van der Waals surface area (Å²) in [5.41, 5.74) is 1.53. The predicted octanol–water partition coefficient (Wildman–Crippen LogP) is 2.47. The van der Waals surface area contributed by atoms with Gasteiger partial charge in [-0.2, -0.15) is 0 Å². The van der Waals surface area contributed by atoms with Crippen molar-refractivity contribution in [3.8, 4) is 11.5 Å². The summed E-state index contributed by atoms with van der Waals surface area (Å²) in [5.74, 6) is 1.43. The number of piperazine rings is 1. The molecule has 1 aromatic carbocycles. The van der Waals surface area contributed by atoms with Crippen LogP contribution in [0.5, 0.6) is 11.5 Å². The quantitative estimate of drug-likeness (QED) is 0.493. The largest absolute Gasteiger partial charge is 0.454 e. The smallest absolute Gasteiger partial charge is 0.264 e. The lowest BCUT2D eigenvalue weighted by molar-refractivity contribution is -0.132. The topological polar surface area (TPSA) is 97.2 Å². The number of hydrogen-bond donors (Lipinski definition) is 0. The molecule has 3 aliphatic rings. The van der Waals surface area contributed by atoms with E-state index in [2.05, 4.69) is 9.88 Å². The molecule has 10 nitrogen and oxygen atoms in total. The average molecular weight is 538 g/mol. The van der Waals surface area contributed by atoms with Crippen molar-refractivity contribution in [2.75, 3.05) is 46.1 Å². The molecule has 0 aliphatic carbocycles. The number of piperidine rings is 1. The van der Waals surface area contributed by atoms with Crippen LogP contribution in [0.1, 0.15) is 40.1 Å². The van der Waals surface area contributed by atoms with Crippen molar-refractivity contribution in [1.29, 1.82) is 0 Å².